The maximum Gasteiger partial charge on any atom is 0.329 e. The lowest BCUT2D eigenvalue weighted by Gasteiger charge is -2.47. The topological polar surface area (TPSA) is 147 Å². The molecule has 2 saturated heterocycles. The van der Waals surface area contributed by atoms with E-state index in [4.69, 9.17) is 28.1 Å². The first-order valence-electron chi connectivity index (χ1n) is 25.2. The van der Waals surface area contributed by atoms with Gasteiger partial charge in [0.05, 0.1) is 24.4 Å². The number of hydrogen-bond acceptors (Lipinski definition) is 11. The summed E-state index contributed by atoms with van der Waals surface area (Å²) in [6.07, 6.45) is 8.64. The van der Waals surface area contributed by atoms with Gasteiger partial charge >= 0.3 is 5.97 Å². The van der Waals surface area contributed by atoms with Crippen molar-refractivity contribution in [3.05, 3.63) is 23.3 Å². The third-order valence-electron chi connectivity index (χ3n) is 15.8. The molecule has 3 fully saturated rings. The number of carbonyl (C=O) groups is 4. The number of amides is 1. The monoisotopic (exact) mass is 932 g/mol. The highest BCUT2D eigenvalue weighted by molar-refractivity contribution is 6.77. The summed E-state index contributed by atoms with van der Waals surface area (Å²) >= 11 is 0. The van der Waals surface area contributed by atoms with Gasteiger partial charge in [-0.1, -0.05) is 87.0 Å². The molecule has 1 N–H and O–H groups in total. The molecule has 2 bridgehead atoms. The summed E-state index contributed by atoms with van der Waals surface area (Å²) in [4.78, 5) is 58.6. The van der Waals surface area contributed by atoms with Crippen molar-refractivity contribution in [3.8, 4) is 0 Å². The number of ether oxygens (including phenoxy) is 5. The van der Waals surface area contributed by atoms with Crippen LogP contribution >= 0.6 is 0 Å². The Labute approximate surface area is 393 Å². The first-order valence-corrected chi connectivity index (χ1v) is 27.3. The van der Waals surface area contributed by atoms with Gasteiger partial charge in [-0.25, -0.2) is 4.79 Å². The van der Waals surface area contributed by atoms with Gasteiger partial charge in [0.2, 0.25) is 14.1 Å². The second-order valence-corrected chi connectivity index (χ2v) is 26.9. The Hall–Kier alpha value is -2.26. The minimum absolute atomic E-state index is 0.000492. The smallest absolute Gasteiger partial charge is 0.329 e. The molecule has 0 spiro atoms. The Balaban J connectivity index is 1.71. The number of fused-ring (bicyclic) bond motifs is 3. The molecular weight excluding hydrogens is 843 g/mol. The van der Waals surface area contributed by atoms with E-state index in [2.05, 4.69) is 67.5 Å². The summed E-state index contributed by atoms with van der Waals surface area (Å²) in [5.41, 5.74) is 3.35. The summed E-state index contributed by atoms with van der Waals surface area (Å²) in [5.74, 6) is -6.02. The van der Waals surface area contributed by atoms with E-state index < -0.39 is 68.1 Å². The van der Waals surface area contributed by atoms with E-state index in [9.17, 15) is 24.3 Å². The first-order chi connectivity index (χ1) is 30.6. The molecule has 3 aliphatic heterocycles. The van der Waals surface area contributed by atoms with Gasteiger partial charge in [0.25, 0.3) is 11.7 Å². The summed E-state index contributed by atoms with van der Waals surface area (Å²) in [6, 6.07) is -1.04. The maximum absolute atomic E-state index is 14.6. The normalized spacial score (nSPS) is 36.1. The van der Waals surface area contributed by atoms with Gasteiger partial charge in [-0.15, -0.1) is 0 Å². The predicted molar refractivity (Wildman–Crippen MR) is 257 cm³/mol. The minimum atomic E-state index is -2.46. The standard InChI is InChI=1S/C52H89NO11Si/c1-16-40-26-34(8)25-35(9)27-45(60-14)48-46(61-15)29-38(12)52(58,63-48)49(55)50(56)53-24-18-17-19-41(53)51(57)62-47(36(10)20-22-42(40)54)37(11)28-39-21-23-43(44(30-39)59-13)64-65(31(2)3,32(4)5)33(6)7/h26,28,31-33,35-36,38-41,43-48,58H,16-25,27,29-30H2,1-15H3. The molecule has 4 rings (SSSR count). The first kappa shape index (κ1) is 55.3. The van der Waals surface area contributed by atoms with Crippen LogP contribution in [0, 0.1) is 29.6 Å². The van der Waals surface area contributed by atoms with Crippen LogP contribution in [0.3, 0.4) is 0 Å². The second kappa shape index (κ2) is 24.3. The number of carbonyl (C=O) groups excluding carboxylic acids is 4. The van der Waals surface area contributed by atoms with E-state index in [-0.39, 0.29) is 54.6 Å². The molecule has 1 saturated carbocycles. The van der Waals surface area contributed by atoms with E-state index in [1.165, 1.54) is 4.90 Å². The molecule has 13 atom stereocenters. The molecule has 1 amide bonds. The quantitative estimate of drug-likeness (QED) is 0.0915. The van der Waals surface area contributed by atoms with Gasteiger partial charge < -0.3 is 38.1 Å². The van der Waals surface area contributed by atoms with Crippen molar-refractivity contribution >= 4 is 31.8 Å². The van der Waals surface area contributed by atoms with Gasteiger partial charge in [0, 0.05) is 46.1 Å². The van der Waals surface area contributed by atoms with Gasteiger partial charge in [0.1, 0.15) is 24.0 Å². The van der Waals surface area contributed by atoms with E-state index >= 15 is 0 Å². The zero-order valence-electron chi connectivity index (χ0n) is 43.0. The van der Waals surface area contributed by atoms with Crippen LogP contribution < -0.4 is 0 Å². The highest BCUT2D eigenvalue weighted by Crippen LogP contribution is 2.46. The summed E-state index contributed by atoms with van der Waals surface area (Å²) in [6.45, 7) is 25.9. The zero-order valence-corrected chi connectivity index (χ0v) is 44.0. The fourth-order valence-corrected chi connectivity index (χ4v) is 17.8. The minimum Gasteiger partial charge on any atom is -0.456 e. The number of nitrogens with zero attached hydrogens (tertiary/aromatic N) is 1. The molecule has 0 aromatic heterocycles. The predicted octanol–water partition coefficient (Wildman–Crippen LogP) is 9.70. The lowest BCUT2D eigenvalue weighted by Crippen LogP contribution is -2.64. The molecular formula is C52H89NO11Si. The van der Waals surface area contributed by atoms with Crippen LogP contribution in [0.25, 0.3) is 0 Å². The van der Waals surface area contributed by atoms with E-state index in [0.717, 1.165) is 30.4 Å². The van der Waals surface area contributed by atoms with Gasteiger partial charge in [-0.05, 0) is 124 Å². The molecule has 3 heterocycles. The molecule has 12 nitrogen and oxygen atoms in total. The largest absolute Gasteiger partial charge is 0.456 e. The number of Topliss-reactive ketones (excluding diaryl/α,β-unsaturated/α-hetero) is 2. The van der Waals surface area contributed by atoms with Crippen LogP contribution in [0.1, 0.15) is 160 Å². The summed E-state index contributed by atoms with van der Waals surface area (Å²) in [5, 5.41) is 12.1. The molecule has 65 heavy (non-hydrogen) atoms. The van der Waals surface area contributed by atoms with E-state index in [0.29, 0.717) is 68.0 Å². The average Bonchev–Trinajstić information content (AvgIpc) is 3.26. The number of hydrogen-bond donors (Lipinski definition) is 1. The van der Waals surface area contributed by atoms with E-state index in [1.54, 1.807) is 28.3 Å². The Morgan fingerprint density at radius 1 is 0.862 bits per heavy atom. The summed E-state index contributed by atoms with van der Waals surface area (Å²) in [7, 11) is 2.75. The third kappa shape index (κ3) is 12.9. The molecule has 4 aliphatic rings. The van der Waals surface area contributed by atoms with Gasteiger partial charge in [-0.3, -0.25) is 14.4 Å². The number of ketones is 2. The Morgan fingerprint density at radius 3 is 2.06 bits per heavy atom. The number of esters is 1. The van der Waals surface area contributed by atoms with Crippen molar-refractivity contribution in [3.63, 3.8) is 0 Å². The highest BCUT2D eigenvalue weighted by Gasteiger charge is 2.57. The Morgan fingerprint density at radius 2 is 1.48 bits per heavy atom. The fourth-order valence-electron chi connectivity index (χ4n) is 12.2. The average molecular weight is 932 g/mol. The summed E-state index contributed by atoms with van der Waals surface area (Å²) < 4.78 is 38.1. The van der Waals surface area contributed by atoms with Crippen molar-refractivity contribution in [2.24, 2.45) is 29.6 Å². The maximum atomic E-state index is 14.6. The van der Waals surface area contributed by atoms with Crippen LogP contribution in [0.4, 0.5) is 0 Å². The lowest BCUT2D eigenvalue weighted by molar-refractivity contribution is -0.302. The number of piperidine rings is 1. The fraction of sp³-hybridized carbons (Fsp3) is 0.846. The van der Waals surface area contributed by atoms with Gasteiger partial charge in [-0.2, -0.15) is 0 Å². The zero-order chi connectivity index (χ0) is 48.6. The van der Waals surface area contributed by atoms with Crippen molar-refractivity contribution in [2.75, 3.05) is 27.9 Å². The molecule has 372 valence electrons. The SMILES string of the molecule is CCC1C=C(C)CC(C)CC(OC)C2OC(O)(C(=O)C(=O)N3CCCCC3C(=O)OC(C(C)=CC3CCC(O[Si](C(C)C)(C(C)C)C(C)C)C(OC)C3)C(C)CCC1=O)C(C)CC2OC. The molecule has 0 radical (unpaired) electrons. The van der Waals surface area contributed by atoms with E-state index in [1.807, 2.05) is 20.8 Å². The van der Waals surface area contributed by atoms with Crippen LogP contribution in [0.5, 0.6) is 0 Å². The molecule has 0 aromatic rings. The third-order valence-corrected chi connectivity index (χ3v) is 21.9. The number of allylic oxidation sites excluding steroid dienone is 3. The highest BCUT2D eigenvalue weighted by atomic mass is 28.4. The van der Waals surface area contributed by atoms with Crippen LogP contribution in [0.2, 0.25) is 16.6 Å². The van der Waals surface area contributed by atoms with Gasteiger partial charge in [0.15, 0.2) is 0 Å². The Bertz CT molecular complexity index is 1640. The van der Waals surface area contributed by atoms with Crippen molar-refractivity contribution in [2.45, 2.75) is 225 Å². The van der Waals surface area contributed by atoms with Crippen molar-refractivity contribution in [1.82, 2.24) is 4.90 Å². The second-order valence-electron chi connectivity index (χ2n) is 21.4. The number of methoxy groups -OCH3 is 3. The Kier molecular flexibility index (Phi) is 20.7. The van der Waals surface area contributed by atoms with Crippen molar-refractivity contribution in [1.29, 1.82) is 0 Å². The molecule has 13 heteroatoms. The van der Waals surface area contributed by atoms with Crippen molar-refractivity contribution < 1.29 is 52.4 Å². The number of aliphatic hydroxyl groups is 1. The van der Waals surface area contributed by atoms with Crippen LogP contribution in [0.15, 0.2) is 23.3 Å². The van der Waals surface area contributed by atoms with Crippen LogP contribution in [-0.2, 0) is 47.3 Å². The molecule has 0 aromatic carbocycles. The number of rotatable bonds is 11. The molecule has 13 unspecified atom stereocenters. The lowest BCUT2D eigenvalue weighted by atomic mass is 9.82. The number of cyclic esters (lactones) is 1. The molecule has 1 aliphatic carbocycles. The van der Waals surface area contributed by atoms with Crippen LogP contribution in [-0.4, -0.2) is 118 Å².